The van der Waals surface area contributed by atoms with E-state index in [1.165, 1.54) is 0 Å². The molecule has 0 aliphatic heterocycles. The van der Waals surface area contributed by atoms with Crippen molar-refractivity contribution in [3.8, 4) is 0 Å². The second-order valence-corrected chi connectivity index (χ2v) is 6.06. The lowest BCUT2D eigenvalue weighted by atomic mass is 9.96. The Morgan fingerprint density at radius 3 is 2.23 bits per heavy atom. The molecule has 6 nitrogen and oxygen atoms in total. The molecule has 120 valence electrons. The zero-order chi connectivity index (χ0) is 16.8. The van der Waals surface area contributed by atoms with Gasteiger partial charge in [0, 0.05) is 5.41 Å². The van der Waals surface area contributed by atoms with Crippen molar-refractivity contribution >= 4 is 17.8 Å². The second kappa shape index (κ2) is 7.59. The van der Waals surface area contributed by atoms with Gasteiger partial charge >= 0.3 is 0 Å². The van der Waals surface area contributed by atoms with Gasteiger partial charge in [-0.15, -0.1) is 0 Å². The van der Waals surface area contributed by atoms with Gasteiger partial charge in [-0.2, -0.15) is 0 Å². The SMILES string of the molecule is CC(C)(C)C(=O)NCC(=O)N[C@H](Cc1ccccc1)C(=O)[O-]. The number of hydrogen-bond donors (Lipinski definition) is 2. The number of carbonyl (C=O) groups excluding carboxylic acids is 3. The fraction of sp³-hybridized carbons (Fsp3) is 0.438. The summed E-state index contributed by atoms with van der Waals surface area (Å²) in [5, 5.41) is 15.9. The molecule has 1 aromatic rings. The largest absolute Gasteiger partial charge is 0.548 e. The van der Waals surface area contributed by atoms with Crippen molar-refractivity contribution in [1.29, 1.82) is 0 Å². The number of hydrogen-bond acceptors (Lipinski definition) is 4. The fourth-order valence-corrected chi connectivity index (χ4v) is 1.71. The predicted octanol–water partition coefficient (Wildman–Crippen LogP) is -0.374. The fourth-order valence-electron chi connectivity index (χ4n) is 1.71. The van der Waals surface area contributed by atoms with Crippen LogP contribution in [0.15, 0.2) is 30.3 Å². The molecule has 0 unspecified atom stereocenters. The van der Waals surface area contributed by atoms with Crippen LogP contribution in [0, 0.1) is 5.41 Å². The minimum atomic E-state index is -1.36. The van der Waals surface area contributed by atoms with Crippen LogP contribution in [0.1, 0.15) is 26.3 Å². The Kier molecular flexibility index (Phi) is 6.10. The van der Waals surface area contributed by atoms with E-state index in [1.807, 2.05) is 6.07 Å². The predicted molar refractivity (Wildman–Crippen MR) is 79.5 cm³/mol. The molecule has 1 aromatic carbocycles. The summed E-state index contributed by atoms with van der Waals surface area (Å²) in [6.07, 6.45) is 0.127. The van der Waals surface area contributed by atoms with Gasteiger partial charge in [0.25, 0.3) is 0 Å². The van der Waals surface area contributed by atoms with Gasteiger partial charge in [-0.05, 0) is 12.0 Å². The van der Waals surface area contributed by atoms with E-state index in [0.29, 0.717) is 0 Å². The maximum absolute atomic E-state index is 11.8. The first-order chi connectivity index (χ1) is 10.2. The summed E-state index contributed by atoms with van der Waals surface area (Å²) in [6.45, 7) is 4.90. The summed E-state index contributed by atoms with van der Waals surface area (Å²) < 4.78 is 0. The number of rotatable bonds is 6. The molecule has 6 heteroatoms. The van der Waals surface area contributed by atoms with Crippen LogP contribution in [0.25, 0.3) is 0 Å². The second-order valence-electron chi connectivity index (χ2n) is 6.06. The molecule has 22 heavy (non-hydrogen) atoms. The van der Waals surface area contributed by atoms with Gasteiger partial charge in [-0.3, -0.25) is 9.59 Å². The van der Waals surface area contributed by atoms with Crippen LogP contribution >= 0.6 is 0 Å². The highest BCUT2D eigenvalue weighted by Gasteiger charge is 2.22. The first-order valence-electron chi connectivity index (χ1n) is 7.02. The zero-order valence-electron chi connectivity index (χ0n) is 13.0. The Morgan fingerprint density at radius 1 is 1.14 bits per heavy atom. The molecular formula is C16H21N2O4-. The number of carbonyl (C=O) groups is 3. The molecular weight excluding hydrogens is 284 g/mol. The quantitative estimate of drug-likeness (QED) is 0.749. The summed E-state index contributed by atoms with van der Waals surface area (Å²) in [4.78, 5) is 34.5. The maximum Gasteiger partial charge on any atom is 0.239 e. The summed E-state index contributed by atoms with van der Waals surface area (Å²) in [6, 6.07) is 7.78. The molecule has 0 spiro atoms. The lowest BCUT2D eigenvalue weighted by Crippen LogP contribution is -2.52. The van der Waals surface area contributed by atoms with Crippen LogP contribution in [0.4, 0.5) is 0 Å². The van der Waals surface area contributed by atoms with Gasteiger partial charge < -0.3 is 20.5 Å². The van der Waals surface area contributed by atoms with E-state index in [4.69, 9.17) is 0 Å². The average Bonchev–Trinajstić information content (AvgIpc) is 2.44. The van der Waals surface area contributed by atoms with Gasteiger partial charge in [0.15, 0.2) is 0 Å². The third-order valence-electron chi connectivity index (χ3n) is 2.99. The monoisotopic (exact) mass is 305 g/mol. The Balaban J connectivity index is 2.55. The van der Waals surface area contributed by atoms with Gasteiger partial charge in [0.1, 0.15) is 0 Å². The molecule has 0 radical (unpaired) electrons. The lowest BCUT2D eigenvalue weighted by Gasteiger charge is -2.21. The van der Waals surface area contributed by atoms with Crippen LogP contribution in [0.3, 0.4) is 0 Å². The van der Waals surface area contributed by atoms with Crippen LogP contribution in [-0.2, 0) is 20.8 Å². The van der Waals surface area contributed by atoms with Crippen LogP contribution in [0.5, 0.6) is 0 Å². The van der Waals surface area contributed by atoms with E-state index >= 15 is 0 Å². The minimum absolute atomic E-state index is 0.127. The van der Waals surface area contributed by atoms with Gasteiger partial charge in [-0.1, -0.05) is 51.1 Å². The zero-order valence-corrected chi connectivity index (χ0v) is 13.0. The number of nitrogens with one attached hydrogen (secondary N) is 2. The summed E-state index contributed by atoms with van der Waals surface area (Å²) in [5.41, 5.74) is 0.161. The number of carboxylic acid groups (broad SMARTS) is 1. The van der Waals surface area contributed by atoms with Gasteiger partial charge in [0.05, 0.1) is 18.6 Å². The smallest absolute Gasteiger partial charge is 0.239 e. The first-order valence-corrected chi connectivity index (χ1v) is 7.02. The van der Waals surface area contributed by atoms with E-state index in [9.17, 15) is 19.5 Å². The molecule has 1 atom stereocenters. The van der Waals surface area contributed by atoms with Crippen molar-refractivity contribution in [3.05, 3.63) is 35.9 Å². The van der Waals surface area contributed by atoms with Gasteiger partial charge in [0.2, 0.25) is 11.8 Å². The van der Waals surface area contributed by atoms with Crippen molar-refractivity contribution in [2.45, 2.75) is 33.2 Å². The summed E-state index contributed by atoms with van der Waals surface area (Å²) in [7, 11) is 0. The molecule has 0 saturated carbocycles. The number of benzene rings is 1. The molecule has 2 N–H and O–H groups in total. The van der Waals surface area contributed by atoms with Crippen LogP contribution in [0.2, 0.25) is 0 Å². The van der Waals surface area contributed by atoms with Crippen molar-refractivity contribution < 1.29 is 19.5 Å². The van der Waals surface area contributed by atoms with E-state index < -0.39 is 23.3 Å². The number of aliphatic carboxylic acids is 1. The van der Waals surface area contributed by atoms with Crippen molar-refractivity contribution in [3.63, 3.8) is 0 Å². The molecule has 0 saturated heterocycles. The highest BCUT2D eigenvalue weighted by Crippen LogP contribution is 2.11. The Bertz CT molecular complexity index is 535. The number of carboxylic acids is 1. The summed E-state index contributed by atoms with van der Waals surface area (Å²) >= 11 is 0. The van der Waals surface area contributed by atoms with Crippen molar-refractivity contribution in [1.82, 2.24) is 10.6 Å². The molecule has 0 aliphatic carbocycles. The minimum Gasteiger partial charge on any atom is -0.548 e. The van der Waals surface area contributed by atoms with E-state index in [0.717, 1.165) is 5.56 Å². The number of amides is 2. The maximum atomic E-state index is 11.8. The first kappa shape index (κ1) is 17.7. The van der Waals surface area contributed by atoms with E-state index in [-0.39, 0.29) is 18.9 Å². The molecule has 0 heterocycles. The highest BCUT2D eigenvalue weighted by atomic mass is 16.4. The van der Waals surface area contributed by atoms with Crippen molar-refractivity contribution in [2.75, 3.05) is 6.54 Å². The van der Waals surface area contributed by atoms with E-state index in [1.54, 1.807) is 45.0 Å². The van der Waals surface area contributed by atoms with Crippen molar-refractivity contribution in [2.24, 2.45) is 5.41 Å². The van der Waals surface area contributed by atoms with Gasteiger partial charge in [-0.25, -0.2) is 0 Å². The van der Waals surface area contributed by atoms with Crippen LogP contribution in [-0.4, -0.2) is 30.4 Å². The third kappa shape index (κ3) is 5.95. The highest BCUT2D eigenvalue weighted by molar-refractivity contribution is 5.89. The normalized spacial score (nSPS) is 12.3. The molecule has 1 rings (SSSR count). The molecule has 0 fully saturated rings. The Morgan fingerprint density at radius 2 is 1.73 bits per heavy atom. The molecule has 0 aromatic heterocycles. The molecule has 0 aliphatic rings. The third-order valence-corrected chi connectivity index (χ3v) is 2.99. The van der Waals surface area contributed by atoms with Crippen LogP contribution < -0.4 is 15.7 Å². The lowest BCUT2D eigenvalue weighted by molar-refractivity contribution is -0.308. The average molecular weight is 305 g/mol. The molecule has 2 amide bonds. The Hall–Kier alpha value is -2.37. The summed E-state index contributed by atoms with van der Waals surface area (Å²) in [5.74, 6) is -2.21. The van der Waals surface area contributed by atoms with E-state index in [2.05, 4.69) is 10.6 Å². The Labute approximate surface area is 129 Å². The topological polar surface area (TPSA) is 98.3 Å². The standard InChI is InChI=1S/C16H22N2O4/c1-16(2,3)15(22)17-10-13(19)18-12(14(20)21)9-11-7-5-4-6-8-11/h4-8,12H,9-10H2,1-3H3,(H,17,22)(H,18,19)(H,20,21)/p-1/t12-/m1/s1. The molecule has 0 bridgehead atoms.